The Morgan fingerprint density at radius 3 is 2.63 bits per heavy atom. The molecule has 1 aromatic carbocycles. The van der Waals surface area contributed by atoms with Crippen molar-refractivity contribution in [3.63, 3.8) is 0 Å². The zero-order valence-electron chi connectivity index (χ0n) is 10.1. The van der Waals surface area contributed by atoms with Crippen molar-refractivity contribution in [2.24, 2.45) is 0 Å². The van der Waals surface area contributed by atoms with Gasteiger partial charge in [0.05, 0.1) is 6.67 Å². The van der Waals surface area contributed by atoms with Crippen LogP contribution in [-0.4, -0.2) is 32.7 Å². The lowest BCUT2D eigenvalue weighted by molar-refractivity contribution is 0.0691. The molecule has 0 aliphatic rings. The first kappa shape index (κ1) is 13.0. The number of aryl methyl sites for hydroxylation is 1. The van der Waals surface area contributed by atoms with Gasteiger partial charge in [0.25, 0.3) is 0 Å². The van der Waals surface area contributed by atoms with Gasteiger partial charge in [0.2, 0.25) is 0 Å². The fourth-order valence-electron chi connectivity index (χ4n) is 1.75. The molecule has 0 atom stereocenters. The van der Waals surface area contributed by atoms with Crippen molar-refractivity contribution in [2.45, 2.75) is 13.0 Å². The van der Waals surface area contributed by atoms with Crippen LogP contribution in [0.4, 0.5) is 10.1 Å². The second kappa shape index (κ2) is 5.47. The first-order valence-corrected chi connectivity index (χ1v) is 5.72. The minimum atomic E-state index is -1.17. The number of carbonyl (C=O) groups is 1. The van der Waals surface area contributed by atoms with Crippen LogP contribution in [0.2, 0.25) is 0 Å². The van der Waals surface area contributed by atoms with Crippen LogP contribution < -0.4 is 5.73 Å². The van der Waals surface area contributed by atoms with Crippen LogP contribution in [0.25, 0.3) is 11.3 Å². The van der Waals surface area contributed by atoms with E-state index in [9.17, 15) is 9.18 Å². The van der Waals surface area contributed by atoms with Gasteiger partial charge in [0.15, 0.2) is 5.69 Å². The molecule has 1 heterocycles. The lowest BCUT2D eigenvalue weighted by Gasteiger charge is -2.06. The number of hydrogen-bond donors (Lipinski definition) is 2. The number of nitrogen functional groups attached to an aromatic ring is 1. The molecule has 2 aromatic rings. The Labute approximate surface area is 108 Å². The highest BCUT2D eigenvalue weighted by Gasteiger charge is 2.20. The van der Waals surface area contributed by atoms with E-state index in [4.69, 9.17) is 10.8 Å². The number of alkyl halides is 1. The molecule has 0 amide bonds. The van der Waals surface area contributed by atoms with E-state index in [0.717, 1.165) is 0 Å². The third kappa shape index (κ3) is 2.70. The summed E-state index contributed by atoms with van der Waals surface area (Å²) in [7, 11) is 0. The van der Waals surface area contributed by atoms with Crippen LogP contribution in [-0.2, 0) is 6.54 Å². The number of aromatic nitrogens is 3. The van der Waals surface area contributed by atoms with Crippen LogP contribution >= 0.6 is 0 Å². The molecule has 0 spiro atoms. The van der Waals surface area contributed by atoms with Crippen molar-refractivity contribution < 1.29 is 14.3 Å². The molecule has 3 N–H and O–H groups in total. The fraction of sp³-hybridized carbons (Fsp3) is 0.250. The Kier molecular flexibility index (Phi) is 3.74. The highest BCUT2D eigenvalue weighted by atomic mass is 19.1. The third-order valence-corrected chi connectivity index (χ3v) is 2.63. The van der Waals surface area contributed by atoms with E-state index < -0.39 is 12.6 Å². The van der Waals surface area contributed by atoms with Gasteiger partial charge in [-0.15, -0.1) is 5.10 Å². The summed E-state index contributed by atoms with van der Waals surface area (Å²) < 4.78 is 13.6. The van der Waals surface area contributed by atoms with E-state index in [1.807, 2.05) is 0 Å². The van der Waals surface area contributed by atoms with Gasteiger partial charge in [-0.05, 0) is 18.6 Å². The summed E-state index contributed by atoms with van der Waals surface area (Å²) in [6.07, 6.45) is 0.254. The van der Waals surface area contributed by atoms with Gasteiger partial charge in [-0.25, -0.2) is 9.48 Å². The molecule has 1 aromatic heterocycles. The molecule has 0 saturated heterocycles. The maximum atomic E-state index is 12.2. The molecule has 0 aliphatic heterocycles. The minimum absolute atomic E-state index is 0.149. The normalized spacial score (nSPS) is 10.6. The Hall–Kier alpha value is -2.44. The lowest BCUT2D eigenvalue weighted by atomic mass is 10.1. The van der Waals surface area contributed by atoms with Crippen LogP contribution in [0.3, 0.4) is 0 Å². The van der Waals surface area contributed by atoms with Crippen LogP contribution in [0.5, 0.6) is 0 Å². The number of benzene rings is 1. The number of halogens is 1. The minimum Gasteiger partial charge on any atom is -0.476 e. The van der Waals surface area contributed by atoms with Gasteiger partial charge < -0.3 is 10.8 Å². The number of aromatic carboxylic acids is 1. The molecular weight excluding hydrogens is 251 g/mol. The summed E-state index contributed by atoms with van der Waals surface area (Å²) in [5.74, 6) is -1.17. The van der Waals surface area contributed by atoms with E-state index >= 15 is 0 Å². The van der Waals surface area contributed by atoms with Gasteiger partial charge >= 0.3 is 5.97 Å². The monoisotopic (exact) mass is 264 g/mol. The fourth-order valence-corrected chi connectivity index (χ4v) is 1.75. The summed E-state index contributed by atoms with van der Waals surface area (Å²) in [5.41, 5.74) is 7.01. The highest BCUT2D eigenvalue weighted by Crippen LogP contribution is 2.23. The average Bonchev–Trinajstić information content (AvgIpc) is 2.81. The molecule has 19 heavy (non-hydrogen) atoms. The number of anilines is 1. The second-order valence-electron chi connectivity index (χ2n) is 3.98. The number of nitrogens with zero attached hydrogens (tertiary/aromatic N) is 3. The van der Waals surface area contributed by atoms with Gasteiger partial charge in [-0.1, -0.05) is 17.3 Å². The first-order valence-electron chi connectivity index (χ1n) is 5.72. The summed E-state index contributed by atoms with van der Waals surface area (Å²) in [6.45, 7) is -0.222. The SMILES string of the molecule is Nc1ccc(-c2c(C(=O)O)nnn2CCCF)cc1. The Balaban J connectivity index is 2.47. The molecule has 0 radical (unpaired) electrons. The van der Waals surface area contributed by atoms with Crippen LogP contribution in [0, 0.1) is 0 Å². The van der Waals surface area contributed by atoms with Crippen molar-refractivity contribution in [3.8, 4) is 11.3 Å². The Morgan fingerprint density at radius 1 is 1.37 bits per heavy atom. The van der Waals surface area contributed by atoms with Gasteiger partial charge in [0.1, 0.15) is 5.69 Å². The van der Waals surface area contributed by atoms with Crippen molar-refractivity contribution in [3.05, 3.63) is 30.0 Å². The zero-order valence-corrected chi connectivity index (χ0v) is 10.1. The summed E-state index contributed by atoms with van der Waals surface area (Å²) in [4.78, 5) is 11.1. The maximum Gasteiger partial charge on any atom is 0.358 e. The molecule has 0 bridgehead atoms. The molecule has 7 heteroatoms. The Bertz CT molecular complexity index is 580. The summed E-state index contributed by atoms with van der Waals surface area (Å²) in [6, 6.07) is 6.69. The van der Waals surface area contributed by atoms with Crippen molar-refractivity contribution in [1.82, 2.24) is 15.0 Å². The number of rotatable bonds is 5. The number of carboxylic acids is 1. The molecule has 0 fully saturated rings. The highest BCUT2D eigenvalue weighted by molar-refractivity contribution is 5.92. The average molecular weight is 264 g/mol. The first-order chi connectivity index (χ1) is 9.13. The van der Waals surface area contributed by atoms with E-state index in [1.54, 1.807) is 24.3 Å². The van der Waals surface area contributed by atoms with Crippen molar-refractivity contribution in [1.29, 1.82) is 0 Å². The quantitative estimate of drug-likeness (QED) is 0.800. The van der Waals surface area contributed by atoms with Crippen LogP contribution in [0.15, 0.2) is 24.3 Å². The van der Waals surface area contributed by atoms with Crippen molar-refractivity contribution >= 4 is 11.7 Å². The molecule has 0 aliphatic carbocycles. The zero-order chi connectivity index (χ0) is 13.8. The van der Waals surface area contributed by atoms with Gasteiger partial charge in [-0.3, -0.25) is 4.39 Å². The standard InChI is InChI=1S/C12H13FN4O2/c13-6-1-7-17-11(10(12(18)19)15-16-17)8-2-4-9(14)5-3-8/h2-5H,1,6-7,14H2,(H,18,19). The molecule has 0 unspecified atom stereocenters. The van der Waals surface area contributed by atoms with Gasteiger partial charge in [-0.2, -0.15) is 0 Å². The molecule has 6 nitrogen and oxygen atoms in total. The second-order valence-corrected chi connectivity index (χ2v) is 3.98. The predicted octanol–water partition coefficient (Wildman–Crippen LogP) is 1.59. The van der Waals surface area contributed by atoms with Gasteiger partial charge in [0, 0.05) is 17.8 Å². The molecular formula is C12H13FN4O2. The van der Waals surface area contributed by atoms with Crippen LogP contribution in [0.1, 0.15) is 16.9 Å². The van der Waals surface area contributed by atoms with E-state index in [2.05, 4.69) is 10.3 Å². The predicted molar refractivity (Wildman–Crippen MR) is 67.4 cm³/mol. The maximum absolute atomic E-state index is 12.2. The van der Waals surface area contributed by atoms with Crippen molar-refractivity contribution in [2.75, 3.05) is 12.4 Å². The summed E-state index contributed by atoms with van der Waals surface area (Å²) in [5, 5.41) is 16.5. The number of carboxylic acid groups (broad SMARTS) is 1. The summed E-state index contributed by atoms with van der Waals surface area (Å²) >= 11 is 0. The lowest BCUT2D eigenvalue weighted by Crippen LogP contribution is -2.05. The third-order valence-electron chi connectivity index (χ3n) is 2.63. The van der Waals surface area contributed by atoms with E-state index in [-0.39, 0.29) is 18.7 Å². The van der Waals surface area contributed by atoms with E-state index in [1.165, 1.54) is 4.68 Å². The molecule has 0 saturated carbocycles. The topological polar surface area (TPSA) is 94.0 Å². The van der Waals surface area contributed by atoms with E-state index in [0.29, 0.717) is 16.9 Å². The number of hydrogen-bond acceptors (Lipinski definition) is 4. The molecule has 2 rings (SSSR count). The smallest absolute Gasteiger partial charge is 0.358 e. The largest absolute Gasteiger partial charge is 0.476 e. The molecule has 100 valence electrons. The number of nitrogens with two attached hydrogens (primary N) is 1. The Morgan fingerprint density at radius 2 is 2.05 bits per heavy atom.